The summed E-state index contributed by atoms with van der Waals surface area (Å²) in [6.07, 6.45) is 2.66. The third-order valence-electron chi connectivity index (χ3n) is 2.88. The lowest BCUT2D eigenvalue weighted by Crippen LogP contribution is -2.00. The molecule has 1 aromatic carbocycles. The summed E-state index contributed by atoms with van der Waals surface area (Å²) in [7, 11) is 1.54. The van der Waals surface area contributed by atoms with Crippen LogP contribution in [0.3, 0.4) is 0 Å². The number of aliphatic hydroxyl groups excluding tert-OH is 1. The zero-order valence-electron chi connectivity index (χ0n) is 9.04. The Morgan fingerprint density at radius 1 is 1.38 bits per heavy atom. The van der Waals surface area contributed by atoms with Crippen LogP contribution in [0.2, 0.25) is 10.0 Å². The molecule has 0 radical (unpaired) electrons. The molecule has 4 heteroatoms. The summed E-state index contributed by atoms with van der Waals surface area (Å²) in [4.78, 5) is 0. The lowest BCUT2D eigenvalue weighted by molar-refractivity contribution is 0.160. The van der Waals surface area contributed by atoms with Crippen LogP contribution in [0.25, 0.3) is 0 Å². The average molecular weight is 261 g/mol. The van der Waals surface area contributed by atoms with Crippen LogP contribution < -0.4 is 4.74 Å². The van der Waals surface area contributed by atoms with Gasteiger partial charge in [0.05, 0.1) is 23.3 Å². The summed E-state index contributed by atoms with van der Waals surface area (Å²) < 4.78 is 5.06. The summed E-state index contributed by atoms with van der Waals surface area (Å²) in [6.45, 7) is 0. The van der Waals surface area contributed by atoms with E-state index in [1.54, 1.807) is 12.1 Å². The fraction of sp³-hybridized carbons (Fsp3) is 0.500. The minimum Gasteiger partial charge on any atom is -0.495 e. The molecule has 0 amide bonds. The van der Waals surface area contributed by atoms with E-state index in [0.29, 0.717) is 27.3 Å². The normalized spacial score (nSPS) is 17.2. The maximum Gasteiger partial charge on any atom is 0.138 e. The summed E-state index contributed by atoms with van der Waals surface area (Å²) >= 11 is 12.1. The molecule has 88 valence electrons. The number of hydrogen-bond donors (Lipinski definition) is 1. The molecule has 1 atom stereocenters. The zero-order chi connectivity index (χ0) is 11.7. The molecule has 2 rings (SSSR count). The second kappa shape index (κ2) is 4.82. The van der Waals surface area contributed by atoms with Gasteiger partial charge in [-0.15, -0.1) is 0 Å². The van der Waals surface area contributed by atoms with Crippen molar-refractivity contribution in [3.05, 3.63) is 27.7 Å². The molecule has 0 spiro atoms. The third-order valence-corrected chi connectivity index (χ3v) is 3.51. The third kappa shape index (κ3) is 2.62. The van der Waals surface area contributed by atoms with Gasteiger partial charge in [-0.2, -0.15) is 0 Å². The van der Waals surface area contributed by atoms with Gasteiger partial charge in [-0.25, -0.2) is 0 Å². The Balaban J connectivity index is 2.21. The van der Waals surface area contributed by atoms with E-state index in [9.17, 15) is 5.11 Å². The van der Waals surface area contributed by atoms with Crippen LogP contribution in [0.1, 0.15) is 30.9 Å². The molecule has 0 bridgehead atoms. The van der Waals surface area contributed by atoms with Crippen molar-refractivity contribution >= 4 is 23.2 Å². The first kappa shape index (κ1) is 12.0. The van der Waals surface area contributed by atoms with Crippen LogP contribution in [0, 0.1) is 5.92 Å². The molecule has 0 saturated heterocycles. The lowest BCUT2D eigenvalue weighted by Gasteiger charge is -2.14. The fourth-order valence-electron chi connectivity index (χ4n) is 1.75. The second-order valence-electron chi connectivity index (χ2n) is 4.20. The van der Waals surface area contributed by atoms with Crippen LogP contribution in [0.4, 0.5) is 0 Å². The standard InChI is InChI=1S/C12H14Cl2O2/c1-16-12-6-9(13)8(5-10(12)14)11(15)4-7-2-3-7/h5-7,11,15H,2-4H2,1H3. The highest BCUT2D eigenvalue weighted by molar-refractivity contribution is 6.34. The highest BCUT2D eigenvalue weighted by Gasteiger charge is 2.26. The van der Waals surface area contributed by atoms with E-state index in [0.717, 1.165) is 6.42 Å². The molecule has 0 aliphatic heterocycles. The molecular weight excluding hydrogens is 247 g/mol. The summed E-state index contributed by atoms with van der Waals surface area (Å²) in [5.74, 6) is 1.18. The number of halogens is 2. The van der Waals surface area contributed by atoms with Crippen molar-refractivity contribution in [2.24, 2.45) is 5.92 Å². The summed E-state index contributed by atoms with van der Waals surface area (Å²) in [6, 6.07) is 3.34. The number of aliphatic hydroxyl groups is 1. The van der Waals surface area contributed by atoms with Gasteiger partial charge in [-0.05, 0) is 18.4 Å². The van der Waals surface area contributed by atoms with Gasteiger partial charge in [-0.3, -0.25) is 0 Å². The van der Waals surface area contributed by atoms with Gasteiger partial charge in [0.15, 0.2) is 0 Å². The van der Waals surface area contributed by atoms with E-state index >= 15 is 0 Å². The number of rotatable bonds is 4. The van der Waals surface area contributed by atoms with Crippen LogP contribution in [0.15, 0.2) is 12.1 Å². The molecule has 1 unspecified atom stereocenters. The van der Waals surface area contributed by atoms with Crippen LogP contribution >= 0.6 is 23.2 Å². The molecule has 1 aliphatic rings. The predicted octanol–water partition coefficient (Wildman–Crippen LogP) is 3.84. The van der Waals surface area contributed by atoms with E-state index in [1.165, 1.54) is 20.0 Å². The van der Waals surface area contributed by atoms with Gasteiger partial charge in [0.1, 0.15) is 5.75 Å². The van der Waals surface area contributed by atoms with Crippen molar-refractivity contribution in [3.63, 3.8) is 0 Å². The molecule has 1 aromatic rings. The Morgan fingerprint density at radius 2 is 2.06 bits per heavy atom. The van der Waals surface area contributed by atoms with Gasteiger partial charge >= 0.3 is 0 Å². The minimum absolute atomic E-state index is 0.483. The van der Waals surface area contributed by atoms with Gasteiger partial charge in [0, 0.05) is 11.6 Å². The molecule has 16 heavy (non-hydrogen) atoms. The highest BCUT2D eigenvalue weighted by Crippen LogP contribution is 2.41. The van der Waals surface area contributed by atoms with Crippen molar-refractivity contribution in [3.8, 4) is 5.75 Å². The number of benzene rings is 1. The summed E-state index contributed by atoms with van der Waals surface area (Å²) in [5, 5.41) is 11.0. The number of methoxy groups -OCH3 is 1. The topological polar surface area (TPSA) is 29.5 Å². The molecular formula is C12H14Cl2O2. The van der Waals surface area contributed by atoms with E-state index in [4.69, 9.17) is 27.9 Å². The SMILES string of the molecule is COc1cc(Cl)c(C(O)CC2CC2)cc1Cl. The maximum absolute atomic E-state index is 10.0. The van der Waals surface area contributed by atoms with Crippen molar-refractivity contribution < 1.29 is 9.84 Å². The molecule has 1 aliphatic carbocycles. The smallest absolute Gasteiger partial charge is 0.138 e. The highest BCUT2D eigenvalue weighted by atomic mass is 35.5. The van der Waals surface area contributed by atoms with E-state index in [2.05, 4.69) is 0 Å². The Hall–Kier alpha value is -0.440. The van der Waals surface area contributed by atoms with Crippen LogP contribution in [-0.4, -0.2) is 12.2 Å². The van der Waals surface area contributed by atoms with Crippen molar-refractivity contribution in [2.45, 2.75) is 25.4 Å². The maximum atomic E-state index is 10.0. The Morgan fingerprint density at radius 3 is 2.62 bits per heavy atom. The Kier molecular flexibility index (Phi) is 3.63. The second-order valence-corrected chi connectivity index (χ2v) is 5.02. The lowest BCUT2D eigenvalue weighted by atomic mass is 10.0. The zero-order valence-corrected chi connectivity index (χ0v) is 10.6. The Bertz CT molecular complexity index is 389. The monoisotopic (exact) mass is 260 g/mol. The molecule has 0 aromatic heterocycles. The van der Waals surface area contributed by atoms with Crippen molar-refractivity contribution in [2.75, 3.05) is 7.11 Å². The van der Waals surface area contributed by atoms with Gasteiger partial charge < -0.3 is 9.84 Å². The first-order valence-corrected chi connectivity index (χ1v) is 6.08. The quantitative estimate of drug-likeness (QED) is 0.892. The molecule has 1 fully saturated rings. The minimum atomic E-state index is -0.525. The first-order chi connectivity index (χ1) is 7.61. The summed E-state index contributed by atoms with van der Waals surface area (Å²) in [5.41, 5.74) is 0.694. The molecule has 1 saturated carbocycles. The van der Waals surface area contributed by atoms with Crippen molar-refractivity contribution in [1.29, 1.82) is 0 Å². The van der Waals surface area contributed by atoms with Crippen molar-refractivity contribution in [1.82, 2.24) is 0 Å². The molecule has 0 heterocycles. The largest absolute Gasteiger partial charge is 0.495 e. The predicted molar refractivity (Wildman–Crippen MR) is 65.3 cm³/mol. The average Bonchev–Trinajstić information content (AvgIpc) is 3.04. The van der Waals surface area contributed by atoms with E-state index in [1.807, 2.05) is 0 Å². The number of ether oxygens (including phenoxy) is 1. The number of hydrogen-bond acceptors (Lipinski definition) is 2. The Labute approximate surface area is 105 Å². The van der Waals surface area contributed by atoms with Crippen LogP contribution in [0.5, 0.6) is 5.75 Å². The first-order valence-electron chi connectivity index (χ1n) is 5.32. The molecule has 2 nitrogen and oxygen atoms in total. The van der Waals surface area contributed by atoms with Gasteiger partial charge in [0.25, 0.3) is 0 Å². The van der Waals surface area contributed by atoms with Gasteiger partial charge in [0.2, 0.25) is 0 Å². The fourth-order valence-corrected chi connectivity index (χ4v) is 2.28. The van der Waals surface area contributed by atoms with Crippen LogP contribution in [-0.2, 0) is 0 Å². The van der Waals surface area contributed by atoms with E-state index < -0.39 is 6.10 Å². The van der Waals surface area contributed by atoms with E-state index in [-0.39, 0.29) is 0 Å². The molecule has 1 N–H and O–H groups in total. The van der Waals surface area contributed by atoms with Gasteiger partial charge in [-0.1, -0.05) is 36.0 Å².